The summed E-state index contributed by atoms with van der Waals surface area (Å²) in [5.74, 6) is 2.46. The predicted octanol–water partition coefficient (Wildman–Crippen LogP) is 14.0. The maximum atomic E-state index is 6.83. The highest BCUT2D eigenvalue weighted by atomic mass is 32.1. The SMILES string of the molecule is c1ccc(-c2nc(-c3cccc(-c4ccc5c(c4)Oc4ccccc4C54c5ccccc5-c5ccccc54)c3)cc(-c3ccc4c(c3)sc3ccccc34)n2)cc1. The van der Waals surface area contributed by atoms with E-state index < -0.39 is 5.41 Å². The van der Waals surface area contributed by atoms with Crippen molar-refractivity contribution < 1.29 is 4.74 Å². The van der Waals surface area contributed by atoms with E-state index in [1.165, 1.54) is 48.0 Å². The van der Waals surface area contributed by atoms with Crippen molar-refractivity contribution >= 4 is 31.5 Å². The summed E-state index contributed by atoms with van der Waals surface area (Å²) >= 11 is 1.82. The van der Waals surface area contributed by atoms with Gasteiger partial charge in [-0.05, 0) is 69.8 Å². The summed E-state index contributed by atoms with van der Waals surface area (Å²) in [5, 5.41) is 2.56. The summed E-state index contributed by atoms with van der Waals surface area (Å²) in [6, 6.07) is 69.4. The number of hydrogen-bond acceptors (Lipinski definition) is 4. The maximum absolute atomic E-state index is 6.83. The van der Waals surface area contributed by atoms with Crippen LogP contribution in [0.3, 0.4) is 0 Å². The first-order valence-corrected chi connectivity index (χ1v) is 20.1. The summed E-state index contributed by atoms with van der Waals surface area (Å²) in [7, 11) is 0. The van der Waals surface area contributed by atoms with Crippen molar-refractivity contribution in [1.29, 1.82) is 0 Å². The molecular formula is C53H32N2OS. The summed E-state index contributed by atoms with van der Waals surface area (Å²) < 4.78 is 9.37. The first-order chi connectivity index (χ1) is 28.2. The molecule has 2 aliphatic rings. The van der Waals surface area contributed by atoms with Crippen molar-refractivity contribution in [2.24, 2.45) is 0 Å². The van der Waals surface area contributed by atoms with Crippen molar-refractivity contribution in [3.8, 4) is 67.7 Å². The molecule has 4 heteroatoms. The van der Waals surface area contributed by atoms with Crippen LogP contribution < -0.4 is 4.74 Å². The van der Waals surface area contributed by atoms with Crippen LogP contribution in [0.1, 0.15) is 22.3 Å². The second kappa shape index (κ2) is 12.4. The lowest BCUT2D eigenvalue weighted by atomic mass is 9.66. The van der Waals surface area contributed by atoms with E-state index in [-0.39, 0.29) is 0 Å². The minimum Gasteiger partial charge on any atom is -0.457 e. The molecule has 0 saturated heterocycles. The van der Waals surface area contributed by atoms with Gasteiger partial charge in [-0.15, -0.1) is 11.3 Å². The number of fused-ring (bicyclic) bond motifs is 12. The second-order valence-electron chi connectivity index (χ2n) is 14.9. The molecule has 0 bridgehead atoms. The van der Waals surface area contributed by atoms with E-state index in [1.807, 2.05) is 29.5 Å². The summed E-state index contributed by atoms with van der Waals surface area (Å²) in [5.41, 5.74) is 14.0. The first kappa shape index (κ1) is 32.1. The monoisotopic (exact) mass is 744 g/mol. The molecule has 0 atom stereocenters. The molecule has 0 radical (unpaired) electrons. The highest BCUT2D eigenvalue weighted by Crippen LogP contribution is 2.62. The van der Waals surface area contributed by atoms with E-state index in [1.54, 1.807) is 0 Å². The third kappa shape index (κ3) is 4.84. The molecule has 0 saturated carbocycles. The van der Waals surface area contributed by atoms with Gasteiger partial charge in [0.25, 0.3) is 0 Å². The van der Waals surface area contributed by atoms with Gasteiger partial charge in [-0.3, -0.25) is 0 Å². The van der Waals surface area contributed by atoms with Gasteiger partial charge in [-0.1, -0.05) is 158 Å². The lowest BCUT2D eigenvalue weighted by Gasteiger charge is -2.39. The van der Waals surface area contributed by atoms with Crippen LogP contribution in [-0.4, -0.2) is 9.97 Å². The molecule has 1 spiro atoms. The van der Waals surface area contributed by atoms with Crippen LogP contribution in [0.4, 0.5) is 0 Å². The molecule has 12 rings (SSSR count). The lowest BCUT2D eigenvalue weighted by Crippen LogP contribution is -2.32. The van der Waals surface area contributed by atoms with E-state index in [4.69, 9.17) is 14.7 Å². The molecule has 1 aliphatic heterocycles. The zero-order valence-electron chi connectivity index (χ0n) is 30.7. The summed E-state index contributed by atoms with van der Waals surface area (Å²) in [6.45, 7) is 0. The molecule has 1 aliphatic carbocycles. The highest BCUT2D eigenvalue weighted by molar-refractivity contribution is 7.25. The van der Waals surface area contributed by atoms with Gasteiger partial charge in [0.1, 0.15) is 11.5 Å². The molecule has 3 heterocycles. The van der Waals surface area contributed by atoms with Crippen molar-refractivity contribution in [3.05, 3.63) is 216 Å². The van der Waals surface area contributed by atoms with Crippen molar-refractivity contribution in [3.63, 3.8) is 0 Å². The van der Waals surface area contributed by atoms with Gasteiger partial charge < -0.3 is 4.74 Å². The van der Waals surface area contributed by atoms with E-state index >= 15 is 0 Å². The largest absolute Gasteiger partial charge is 0.457 e. The third-order valence-corrected chi connectivity index (χ3v) is 12.9. The zero-order valence-corrected chi connectivity index (χ0v) is 31.5. The fourth-order valence-electron chi connectivity index (χ4n) is 9.24. The Labute approximate surface area is 334 Å². The molecule has 2 aromatic heterocycles. The Bertz CT molecular complexity index is 3190. The Hall–Kier alpha value is -7.14. The Morgan fingerprint density at radius 1 is 0.368 bits per heavy atom. The average molecular weight is 745 g/mol. The molecular weight excluding hydrogens is 713 g/mol. The second-order valence-corrected chi connectivity index (χ2v) is 16.0. The smallest absolute Gasteiger partial charge is 0.160 e. The fourth-order valence-corrected chi connectivity index (χ4v) is 10.4. The highest BCUT2D eigenvalue weighted by Gasteiger charge is 2.50. The van der Waals surface area contributed by atoms with Gasteiger partial charge in [0.15, 0.2) is 5.82 Å². The average Bonchev–Trinajstić information content (AvgIpc) is 3.80. The zero-order chi connectivity index (χ0) is 37.5. The number of ether oxygens (including phenoxy) is 1. The van der Waals surface area contributed by atoms with E-state index in [0.29, 0.717) is 5.82 Å². The Morgan fingerprint density at radius 2 is 0.947 bits per heavy atom. The normalized spacial score (nSPS) is 13.2. The topological polar surface area (TPSA) is 35.0 Å². The van der Waals surface area contributed by atoms with Crippen LogP contribution >= 0.6 is 11.3 Å². The Kier molecular flexibility index (Phi) is 7.01. The first-order valence-electron chi connectivity index (χ1n) is 19.3. The van der Waals surface area contributed by atoms with Gasteiger partial charge in [-0.25, -0.2) is 9.97 Å². The molecule has 0 fully saturated rings. The van der Waals surface area contributed by atoms with Gasteiger partial charge >= 0.3 is 0 Å². The Balaban J connectivity index is 0.994. The van der Waals surface area contributed by atoms with Gasteiger partial charge in [0.2, 0.25) is 0 Å². The molecule has 0 N–H and O–H groups in total. The van der Waals surface area contributed by atoms with Crippen molar-refractivity contribution in [2.45, 2.75) is 5.41 Å². The molecule has 0 amide bonds. The van der Waals surface area contributed by atoms with Gasteiger partial charge in [0, 0.05) is 48.0 Å². The number of nitrogens with zero attached hydrogens (tertiary/aromatic N) is 2. The number of para-hydroxylation sites is 1. The maximum Gasteiger partial charge on any atom is 0.160 e. The van der Waals surface area contributed by atoms with Crippen LogP contribution in [0.25, 0.3) is 76.3 Å². The molecule has 0 unspecified atom stereocenters. The van der Waals surface area contributed by atoms with Crippen LogP contribution in [0.2, 0.25) is 0 Å². The number of aromatic nitrogens is 2. The third-order valence-electron chi connectivity index (χ3n) is 11.8. The number of rotatable bonds is 4. The summed E-state index contributed by atoms with van der Waals surface area (Å²) in [4.78, 5) is 10.3. The standard InChI is InChI=1S/C53H32N2OS/c1-2-13-33(14-3-1)52-54-46(32-47(55-52)37-25-27-41-40-19-6-11-24-50(40)57-51(41)31-37)36-16-12-15-34(29-36)35-26-28-45-49(30-35)56-48-23-10-9-22-44(48)53(45)42-20-7-4-17-38(42)39-18-5-8-21-43(39)53/h1-32H. The van der Waals surface area contributed by atoms with E-state index in [9.17, 15) is 0 Å². The van der Waals surface area contributed by atoms with Crippen LogP contribution in [0.15, 0.2) is 194 Å². The molecule has 266 valence electrons. The lowest BCUT2D eigenvalue weighted by molar-refractivity contribution is 0.436. The molecule has 8 aromatic carbocycles. The summed E-state index contributed by atoms with van der Waals surface area (Å²) in [6.07, 6.45) is 0. The minimum absolute atomic E-state index is 0.484. The van der Waals surface area contributed by atoms with Crippen LogP contribution in [-0.2, 0) is 5.41 Å². The Morgan fingerprint density at radius 3 is 1.75 bits per heavy atom. The number of hydrogen-bond donors (Lipinski definition) is 0. The quantitative estimate of drug-likeness (QED) is 0.180. The molecule has 57 heavy (non-hydrogen) atoms. The molecule has 10 aromatic rings. The fraction of sp³-hybridized carbons (Fsp3) is 0.0189. The van der Waals surface area contributed by atoms with Crippen molar-refractivity contribution in [1.82, 2.24) is 9.97 Å². The van der Waals surface area contributed by atoms with E-state index in [0.717, 1.165) is 56.3 Å². The number of thiophene rings is 1. The van der Waals surface area contributed by atoms with E-state index in [2.05, 4.69) is 176 Å². The predicted molar refractivity (Wildman–Crippen MR) is 234 cm³/mol. The van der Waals surface area contributed by atoms with Gasteiger partial charge in [0.05, 0.1) is 16.8 Å². The van der Waals surface area contributed by atoms with Crippen molar-refractivity contribution in [2.75, 3.05) is 0 Å². The molecule has 3 nitrogen and oxygen atoms in total. The van der Waals surface area contributed by atoms with Gasteiger partial charge in [-0.2, -0.15) is 0 Å². The van der Waals surface area contributed by atoms with Crippen LogP contribution in [0.5, 0.6) is 11.5 Å². The van der Waals surface area contributed by atoms with Crippen LogP contribution in [0, 0.1) is 0 Å². The number of benzene rings is 8. The minimum atomic E-state index is -0.484.